The third-order valence-electron chi connectivity index (χ3n) is 28.6. The molecule has 0 spiro atoms. The highest BCUT2D eigenvalue weighted by atomic mass is 16.3. The van der Waals surface area contributed by atoms with Gasteiger partial charge in [0.2, 0.25) is 0 Å². The van der Waals surface area contributed by atoms with Crippen LogP contribution in [0.25, 0.3) is 300 Å². The molecular formula is C138H84N6O6. The molecule has 0 bridgehead atoms. The predicted molar refractivity (Wildman–Crippen MR) is 611 cm³/mol. The lowest BCUT2D eigenvalue weighted by atomic mass is 9.88. The van der Waals surface area contributed by atoms with Gasteiger partial charge in [0.15, 0.2) is 17.5 Å². The first-order chi connectivity index (χ1) is 74.3. The van der Waals surface area contributed by atoms with E-state index in [0.717, 1.165) is 283 Å². The van der Waals surface area contributed by atoms with E-state index in [1.807, 2.05) is 182 Å². The van der Waals surface area contributed by atoms with E-state index < -0.39 is 0 Å². The second kappa shape index (κ2) is 37.1. The number of hydrogen-bond acceptors (Lipinski definition) is 12. The van der Waals surface area contributed by atoms with Gasteiger partial charge >= 0.3 is 0 Å². The number of nitrogens with zero attached hydrogens (tertiary/aromatic N) is 6. The van der Waals surface area contributed by atoms with Crippen LogP contribution in [0.2, 0.25) is 0 Å². The van der Waals surface area contributed by atoms with E-state index >= 15 is 0 Å². The third kappa shape index (κ3) is 16.2. The maximum Gasteiger partial charge on any atom is 0.160 e. The van der Waals surface area contributed by atoms with Crippen molar-refractivity contribution in [1.29, 1.82) is 0 Å². The van der Waals surface area contributed by atoms with E-state index in [-0.39, 0.29) is 0 Å². The van der Waals surface area contributed by atoms with E-state index in [4.69, 9.17) is 56.4 Å². The normalized spacial score (nSPS) is 11.6. The maximum absolute atomic E-state index is 6.25. The minimum Gasteiger partial charge on any atom is -0.456 e. The fourth-order valence-corrected chi connectivity index (χ4v) is 21.2. The summed E-state index contributed by atoms with van der Waals surface area (Å²) in [6.07, 6.45) is 0. The lowest BCUT2D eigenvalue weighted by Crippen LogP contribution is -1.98. The summed E-state index contributed by atoms with van der Waals surface area (Å²) in [5.41, 5.74) is 37.9. The molecular weight excluding hydrogens is 1840 g/mol. The van der Waals surface area contributed by atoms with E-state index in [9.17, 15) is 0 Å². The SMILES string of the molecule is c1ccc(-c2cc(-c3ccc(-c4ccc5oc6ccccc6c5c4)c(-c4ccc5oc6ccccc6c5c4)c3)nc(-c3ccccc3)n2)cc1.c1ccc(-c2cc(-c3ccc(-c4ccc5oc6ccccc6c5c4)cc3-c3ccc4oc5ccccc5c4c3)nc(-c3ccccc3)n2)cc1.c1ccc(-c2cc(-c3cccc(-c4ccc5oc6ccccc6c5c4)c3-c3ccc4oc5ccccc5c4c3)nc(-c3ccccc3)n2)cc1. The zero-order chi connectivity index (χ0) is 99.1. The minimum atomic E-state index is 0.681. The Kier molecular flexibility index (Phi) is 21.6. The quantitative estimate of drug-likeness (QED) is 0.0959. The average molecular weight is 1920 g/mol. The highest BCUT2D eigenvalue weighted by Gasteiger charge is 2.26. The van der Waals surface area contributed by atoms with Gasteiger partial charge in [-0.15, -0.1) is 0 Å². The molecule has 12 nitrogen and oxygen atoms in total. The van der Waals surface area contributed by atoms with E-state index in [1.165, 1.54) is 0 Å². The summed E-state index contributed by atoms with van der Waals surface area (Å²) >= 11 is 0. The number of fused-ring (bicyclic) bond motifs is 18. The monoisotopic (exact) mass is 1920 g/mol. The molecule has 9 aromatic heterocycles. The first-order valence-electron chi connectivity index (χ1n) is 50.2. The summed E-state index contributed by atoms with van der Waals surface area (Å²) < 4.78 is 37.2. The molecule has 0 N–H and O–H groups in total. The van der Waals surface area contributed by atoms with Crippen LogP contribution in [0.1, 0.15) is 0 Å². The molecule has 0 saturated heterocycles. The van der Waals surface area contributed by atoms with Crippen LogP contribution in [0.4, 0.5) is 0 Å². The van der Waals surface area contributed by atoms with Crippen LogP contribution in [0.3, 0.4) is 0 Å². The van der Waals surface area contributed by atoms with Crippen molar-refractivity contribution in [2.75, 3.05) is 0 Å². The molecule has 9 heterocycles. The van der Waals surface area contributed by atoms with Crippen LogP contribution in [0.5, 0.6) is 0 Å². The minimum absolute atomic E-state index is 0.681. The molecule has 702 valence electrons. The van der Waals surface area contributed by atoms with Crippen LogP contribution in [-0.4, -0.2) is 29.9 Å². The highest BCUT2D eigenvalue weighted by Crippen LogP contribution is 2.49. The van der Waals surface area contributed by atoms with Crippen molar-refractivity contribution in [2.24, 2.45) is 0 Å². The zero-order valence-electron chi connectivity index (χ0n) is 80.6. The summed E-state index contributed by atoms with van der Waals surface area (Å²) in [5.74, 6) is 2.06. The molecule has 0 unspecified atom stereocenters. The largest absolute Gasteiger partial charge is 0.456 e. The van der Waals surface area contributed by atoms with Crippen LogP contribution in [-0.2, 0) is 0 Å². The van der Waals surface area contributed by atoms with Gasteiger partial charge < -0.3 is 26.5 Å². The summed E-state index contributed by atoms with van der Waals surface area (Å²) in [4.78, 5) is 30.8. The molecule has 21 aromatic carbocycles. The molecule has 150 heavy (non-hydrogen) atoms. The molecule has 0 aliphatic carbocycles. The molecule has 0 aliphatic heterocycles. The van der Waals surface area contributed by atoms with Gasteiger partial charge in [-0.1, -0.05) is 370 Å². The number of hydrogen-bond donors (Lipinski definition) is 0. The third-order valence-corrected chi connectivity index (χ3v) is 28.6. The number of rotatable bonds is 15. The van der Waals surface area contributed by atoms with Gasteiger partial charge in [-0.25, -0.2) is 29.9 Å². The van der Waals surface area contributed by atoms with Crippen molar-refractivity contribution in [3.8, 4) is 168 Å². The molecule has 0 radical (unpaired) electrons. The van der Waals surface area contributed by atoms with E-state index in [0.29, 0.717) is 17.5 Å². The average Bonchev–Trinajstić information content (AvgIpc) is 1.37. The van der Waals surface area contributed by atoms with Crippen molar-refractivity contribution in [1.82, 2.24) is 29.9 Å². The van der Waals surface area contributed by atoms with E-state index in [2.05, 4.69) is 328 Å². The van der Waals surface area contributed by atoms with Crippen molar-refractivity contribution in [3.05, 3.63) is 510 Å². The smallest absolute Gasteiger partial charge is 0.160 e. The lowest BCUT2D eigenvalue weighted by molar-refractivity contribution is 0.668. The van der Waals surface area contributed by atoms with Gasteiger partial charge in [-0.05, 0) is 206 Å². The fraction of sp³-hybridized carbons (Fsp3) is 0. The molecule has 0 saturated carbocycles. The van der Waals surface area contributed by atoms with Gasteiger partial charge in [0.25, 0.3) is 0 Å². The standard InChI is InChI=1S/3C46H28N2O2/c1-3-12-29(13-4-1)39-28-40(48-46(47-39)30-14-5-2-6-15-30)36-19-11-18-33(31-22-24-43-37(26-31)34-16-7-9-20-41(34)49-43)45(36)32-23-25-44-38(27-32)35-17-8-10-21-42(35)50-44;1-3-11-29(12-4-1)40-28-41(48-46(47-40)30-13-5-2-6-14-30)33-19-22-34(31-20-23-44-38(25-31)35-15-7-9-17-42(35)49-44)37(27-33)32-21-24-45-39(26-32)36-16-8-10-18-43(36)50-45;1-3-11-29(12-4-1)40-28-41(48-46(47-40)30-13-5-2-6-14-30)34-22-19-31(32-20-23-44-38(26-32)35-15-7-9-17-42(35)49-44)25-37(34)33-21-24-45-39(27-33)36-16-8-10-18-43(36)50-45/h3*1-28H. The summed E-state index contributed by atoms with van der Waals surface area (Å²) in [7, 11) is 0. The Morgan fingerprint density at radius 2 is 0.327 bits per heavy atom. The predicted octanol–water partition coefficient (Wildman–Crippen LogP) is 37.8. The molecule has 30 rings (SSSR count). The van der Waals surface area contributed by atoms with Gasteiger partial charge in [0.1, 0.15) is 67.0 Å². The van der Waals surface area contributed by atoms with Gasteiger partial charge in [-0.2, -0.15) is 0 Å². The maximum atomic E-state index is 6.25. The van der Waals surface area contributed by atoms with Crippen molar-refractivity contribution >= 4 is 132 Å². The molecule has 0 fully saturated rings. The Morgan fingerprint density at radius 3 is 0.687 bits per heavy atom. The summed E-state index contributed by atoms with van der Waals surface area (Å²) in [5, 5.41) is 13.1. The highest BCUT2D eigenvalue weighted by molar-refractivity contribution is 6.14. The fourth-order valence-electron chi connectivity index (χ4n) is 21.2. The second-order valence-electron chi connectivity index (χ2n) is 37.7. The van der Waals surface area contributed by atoms with Crippen molar-refractivity contribution in [2.45, 2.75) is 0 Å². The Hall–Kier alpha value is -20.3. The van der Waals surface area contributed by atoms with Gasteiger partial charge in [0, 0.05) is 115 Å². The first-order valence-corrected chi connectivity index (χ1v) is 50.2. The second-order valence-corrected chi connectivity index (χ2v) is 37.7. The zero-order valence-corrected chi connectivity index (χ0v) is 80.6. The van der Waals surface area contributed by atoms with Gasteiger partial charge in [-0.3, -0.25) is 0 Å². The molecule has 0 atom stereocenters. The number of aromatic nitrogens is 6. The molecule has 0 aliphatic rings. The van der Waals surface area contributed by atoms with Gasteiger partial charge in [0.05, 0.1) is 34.2 Å². The van der Waals surface area contributed by atoms with Crippen molar-refractivity contribution in [3.63, 3.8) is 0 Å². The van der Waals surface area contributed by atoms with Crippen LogP contribution in [0, 0.1) is 0 Å². The van der Waals surface area contributed by atoms with Crippen LogP contribution < -0.4 is 0 Å². The van der Waals surface area contributed by atoms with Crippen LogP contribution in [0.15, 0.2) is 536 Å². The first kappa shape index (κ1) is 87.5. The van der Waals surface area contributed by atoms with E-state index in [1.54, 1.807) is 0 Å². The Morgan fingerprint density at radius 1 is 0.107 bits per heavy atom. The van der Waals surface area contributed by atoms with Crippen LogP contribution >= 0.6 is 0 Å². The molecule has 12 heteroatoms. The molecule has 0 amide bonds. The number of benzene rings is 21. The topological polar surface area (TPSA) is 156 Å². The Labute approximate surface area is 860 Å². The van der Waals surface area contributed by atoms with Crippen molar-refractivity contribution < 1.29 is 26.5 Å². The molecule has 30 aromatic rings. The number of para-hydroxylation sites is 6. The summed E-state index contributed by atoms with van der Waals surface area (Å²) in [6, 6.07) is 176. The lowest BCUT2D eigenvalue weighted by Gasteiger charge is -2.17. The number of furan rings is 6. The Balaban J connectivity index is 0.000000108. The Bertz CT molecular complexity index is 10200. The summed E-state index contributed by atoms with van der Waals surface area (Å²) in [6.45, 7) is 0.